The van der Waals surface area contributed by atoms with Crippen LogP contribution in [0.1, 0.15) is 55.6 Å². The Balaban J connectivity index is 1.19. The van der Waals surface area contributed by atoms with E-state index in [0.29, 0.717) is 29.0 Å². The van der Waals surface area contributed by atoms with Crippen molar-refractivity contribution in [2.45, 2.75) is 62.5 Å². The highest BCUT2D eigenvalue weighted by atomic mass is 19.3. The first-order valence-electron chi connectivity index (χ1n) is 12.7. The molecule has 0 spiro atoms. The van der Waals surface area contributed by atoms with E-state index in [-0.39, 0.29) is 43.7 Å². The molecule has 4 aliphatic carbocycles. The minimum atomic E-state index is -2.75. The average molecular weight is 499 g/mol. The number of aliphatic hydroxyl groups is 1. The molecule has 3 aromatic heterocycles. The van der Waals surface area contributed by atoms with Crippen molar-refractivity contribution in [3.05, 3.63) is 24.3 Å². The summed E-state index contributed by atoms with van der Waals surface area (Å²) in [6.45, 7) is -0.0889. The summed E-state index contributed by atoms with van der Waals surface area (Å²) in [4.78, 5) is 26.2. The number of H-pyrrole nitrogens is 1. The smallest absolute Gasteiger partial charge is 0.295 e. The summed E-state index contributed by atoms with van der Waals surface area (Å²) in [5, 5.41) is 19.5. The van der Waals surface area contributed by atoms with Crippen LogP contribution in [0.25, 0.3) is 22.5 Å². The molecule has 0 aromatic carbocycles. The zero-order valence-electron chi connectivity index (χ0n) is 19.7. The largest absolute Gasteiger partial charge is 0.390 e. The van der Waals surface area contributed by atoms with Crippen molar-refractivity contribution in [2.75, 3.05) is 18.4 Å². The molecule has 5 aliphatic rings. The predicted octanol–water partition coefficient (Wildman–Crippen LogP) is 3.84. The molecular weight excluding hydrogens is 470 g/mol. The average Bonchev–Trinajstić information content (AvgIpc) is 3.50. The first kappa shape index (κ1) is 22.1. The summed E-state index contributed by atoms with van der Waals surface area (Å²) < 4.78 is 32.5. The van der Waals surface area contributed by atoms with E-state index >= 15 is 0 Å². The Labute approximate surface area is 205 Å². The van der Waals surface area contributed by atoms with Gasteiger partial charge in [-0.2, -0.15) is 4.98 Å². The number of carbonyl (C=O) groups is 1. The van der Waals surface area contributed by atoms with Gasteiger partial charge in [0.2, 0.25) is 0 Å². The molecule has 5 fully saturated rings. The first-order chi connectivity index (χ1) is 17.3. The highest BCUT2D eigenvalue weighted by Gasteiger charge is 2.55. The van der Waals surface area contributed by atoms with Gasteiger partial charge in [0.1, 0.15) is 5.65 Å². The number of rotatable bonds is 4. The third-order valence-corrected chi connectivity index (χ3v) is 8.77. The zero-order chi connectivity index (χ0) is 24.7. The number of pyridine rings is 1. The number of nitrogens with one attached hydrogen (secondary N) is 2. The van der Waals surface area contributed by atoms with E-state index in [1.165, 1.54) is 4.90 Å². The number of amides is 1. The normalized spacial score (nSPS) is 32.8. The molecular formula is C25H28F2N6O3. The number of anilines is 1. The SMILES string of the molecule is O=C(c1noc(-c2cnc3[nH]ccc3c2N[C@H]2[C@@H]3CC4C[C@H]2C[C@@](O)(C4)C3)n1)N1CCC(F)(F)CC1. The van der Waals surface area contributed by atoms with Gasteiger partial charge in [-0.3, -0.25) is 4.79 Å². The van der Waals surface area contributed by atoms with Crippen LogP contribution in [0.4, 0.5) is 14.5 Å². The molecule has 190 valence electrons. The van der Waals surface area contributed by atoms with Crippen LogP contribution in [0, 0.1) is 17.8 Å². The maximum absolute atomic E-state index is 13.5. The van der Waals surface area contributed by atoms with Crippen LogP contribution in [0.5, 0.6) is 0 Å². The number of likely N-dealkylation sites (tertiary alicyclic amines) is 1. The molecule has 1 aliphatic heterocycles. The lowest BCUT2D eigenvalue weighted by atomic mass is 9.52. The van der Waals surface area contributed by atoms with Crippen molar-refractivity contribution in [1.82, 2.24) is 25.0 Å². The molecule has 4 bridgehead atoms. The van der Waals surface area contributed by atoms with Gasteiger partial charge < -0.3 is 24.8 Å². The standard InChI is InChI=1S/C25H28F2N6O3/c26-25(27)2-5-33(6-3-25)23(34)21-31-22(36-32-21)17-12-29-20-16(1-4-28-20)19(17)30-18-14-7-13-8-15(18)11-24(35,9-13)10-14/h1,4,12-15,18,35H,2-3,5-11H2,(H2,28,29,30)/t13?,14-,15+,18+,24-. The van der Waals surface area contributed by atoms with Gasteiger partial charge in [-0.1, -0.05) is 5.16 Å². The van der Waals surface area contributed by atoms with E-state index in [9.17, 15) is 18.7 Å². The lowest BCUT2D eigenvalue weighted by molar-refractivity contribution is -0.129. The Bertz CT molecular complexity index is 1310. The third-order valence-electron chi connectivity index (χ3n) is 8.77. The van der Waals surface area contributed by atoms with Crippen LogP contribution < -0.4 is 5.32 Å². The van der Waals surface area contributed by atoms with Gasteiger partial charge in [0.05, 0.1) is 16.9 Å². The Morgan fingerprint density at radius 3 is 2.67 bits per heavy atom. The number of halogens is 2. The summed E-state index contributed by atoms with van der Waals surface area (Å²) >= 11 is 0. The molecule has 0 radical (unpaired) electrons. The van der Waals surface area contributed by atoms with Gasteiger partial charge in [0.15, 0.2) is 0 Å². The van der Waals surface area contributed by atoms with Crippen LogP contribution in [0.2, 0.25) is 0 Å². The van der Waals surface area contributed by atoms with Gasteiger partial charge in [0.25, 0.3) is 23.5 Å². The molecule has 1 amide bonds. The lowest BCUT2D eigenvalue weighted by Crippen LogP contribution is -2.59. The van der Waals surface area contributed by atoms with Crippen LogP contribution in [0.3, 0.4) is 0 Å². The predicted molar refractivity (Wildman–Crippen MR) is 125 cm³/mol. The van der Waals surface area contributed by atoms with Gasteiger partial charge in [0, 0.05) is 49.8 Å². The molecule has 3 N–H and O–H groups in total. The molecule has 8 rings (SSSR count). The zero-order valence-corrected chi connectivity index (χ0v) is 19.7. The highest BCUT2D eigenvalue weighted by molar-refractivity contribution is 5.97. The van der Waals surface area contributed by atoms with Crippen molar-refractivity contribution in [2.24, 2.45) is 17.8 Å². The fourth-order valence-corrected chi connectivity index (χ4v) is 7.31. The van der Waals surface area contributed by atoms with E-state index in [4.69, 9.17) is 4.52 Å². The molecule has 1 saturated heterocycles. The number of fused-ring (bicyclic) bond motifs is 1. The number of hydrogen-bond donors (Lipinski definition) is 3. The van der Waals surface area contributed by atoms with Gasteiger partial charge in [-0.15, -0.1) is 0 Å². The molecule has 3 aromatic rings. The fraction of sp³-hybridized carbons (Fsp3) is 0.600. The van der Waals surface area contributed by atoms with Crippen molar-refractivity contribution >= 4 is 22.6 Å². The summed E-state index contributed by atoms with van der Waals surface area (Å²) in [5.41, 5.74) is 1.59. The number of aromatic nitrogens is 4. The molecule has 36 heavy (non-hydrogen) atoms. The van der Waals surface area contributed by atoms with Crippen LogP contribution in [-0.2, 0) is 0 Å². The van der Waals surface area contributed by atoms with Crippen LogP contribution in [-0.4, -0.2) is 66.7 Å². The van der Waals surface area contributed by atoms with E-state index in [1.54, 1.807) is 6.20 Å². The fourth-order valence-electron chi connectivity index (χ4n) is 7.31. The van der Waals surface area contributed by atoms with Crippen molar-refractivity contribution in [1.29, 1.82) is 0 Å². The van der Waals surface area contributed by atoms with E-state index in [2.05, 4.69) is 25.4 Å². The van der Waals surface area contributed by atoms with Gasteiger partial charge in [-0.25, -0.2) is 13.8 Å². The summed E-state index contributed by atoms with van der Waals surface area (Å²) in [5.74, 6) is -1.89. The molecule has 11 heteroatoms. The van der Waals surface area contributed by atoms with E-state index in [0.717, 1.165) is 43.2 Å². The number of nitrogens with zero attached hydrogens (tertiary/aromatic N) is 4. The highest BCUT2D eigenvalue weighted by Crippen LogP contribution is 2.56. The van der Waals surface area contributed by atoms with Gasteiger partial charge in [-0.05, 0) is 55.9 Å². The summed E-state index contributed by atoms with van der Waals surface area (Å²) in [6.07, 6.45) is 7.49. The maximum Gasteiger partial charge on any atom is 0.295 e. The minimum Gasteiger partial charge on any atom is -0.390 e. The van der Waals surface area contributed by atoms with Crippen LogP contribution in [0.15, 0.2) is 23.0 Å². The maximum atomic E-state index is 13.5. The summed E-state index contributed by atoms with van der Waals surface area (Å²) in [6, 6.07) is 2.15. The Hall–Kier alpha value is -3.08. The Morgan fingerprint density at radius 1 is 1.19 bits per heavy atom. The number of piperidine rings is 1. The molecule has 1 unspecified atom stereocenters. The molecule has 4 heterocycles. The van der Waals surface area contributed by atoms with Crippen LogP contribution >= 0.6 is 0 Å². The molecule has 9 nitrogen and oxygen atoms in total. The van der Waals surface area contributed by atoms with Crippen molar-refractivity contribution in [3.8, 4) is 11.5 Å². The molecule has 4 saturated carbocycles. The number of hydrogen-bond acceptors (Lipinski definition) is 7. The van der Waals surface area contributed by atoms with Gasteiger partial charge >= 0.3 is 0 Å². The minimum absolute atomic E-state index is 0.0445. The third kappa shape index (κ3) is 3.58. The number of alkyl halides is 2. The molecule has 5 atom stereocenters. The van der Waals surface area contributed by atoms with E-state index < -0.39 is 17.4 Å². The quantitative estimate of drug-likeness (QED) is 0.500. The topological polar surface area (TPSA) is 120 Å². The van der Waals surface area contributed by atoms with Crippen molar-refractivity contribution in [3.63, 3.8) is 0 Å². The second-order valence-corrected chi connectivity index (χ2v) is 11.2. The number of carbonyl (C=O) groups excluding carboxylic acids is 1. The Kier molecular flexibility index (Phi) is 4.74. The van der Waals surface area contributed by atoms with Crippen molar-refractivity contribution < 1.29 is 23.2 Å². The van der Waals surface area contributed by atoms with E-state index in [1.807, 2.05) is 12.3 Å². The lowest BCUT2D eigenvalue weighted by Gasteiger charge is -2.58. The second-order valence-electron chi connectivity index (χ2n) is 11.2. The monoisotopic (exact) mass is 498 g/mol. The summed E-state index contributed by atoms with van der Waals surface area (Å²) in [7, 11) is 0. The second kappa shape index (κ2) is 7.71. The Morgan fingerprint density at radius 2 is 1.94 bits per heavy atom. The first-order valence-corrected chi connectivity index (χ1v) is 12.7. The number of aromatic amines is 1.